The van der Waals surface area contributed by atoms with Gasteiger partial charge >= 0.3 is 6.09 Å². The first-order valence-corrected chi connectivity index (χ1v) is 16.9. The van der Waals surface area contributed by atoms with E-state index in [1.807, 2.05) is 50.2 Å². The summed E-state index contributed by atoms with van der Waals surface area (Å²) in [4.78, 5) is 28.9. The second kappa shape index (κ2) is 17.1. The maximum Gasteiger partial charge on any atom is 0.425 e. The number of carbonyl (C=O) groups is 1. The Morgan fingerprint density at radius 3 is 2.47 bits per heavy atom. The number of methoxy groups -OCH3 is 1. The highest BCUT2D eigenvalue weighted by Crippen LogP contribution is 2.39. The first-order valence-electron chi connectivity index (χ1n) is 16.9. The van der Waals surface area contributed by atoms with E-state index in [4.69, 9.17) is 14.2 Å². The van der Waals surface area contributed by atoms with Gasteiger partial charge in [0.2, 0.25) is 11.8 Å². The van der Waals surface area contributed by atoms with Gasteiger partial charge in [-0.15, -0.1) is 0 Å². The number of hydrogen-bond acceptors (Lipinski definition) is 9. The maximum absolute atomic E-state index is 14.9. The predicted molar refractivity (Wildman–Crippen MR) is 191 cm³/mol. The molecule has 1 amide bonds. The van der Waals surface area contributed by atoms with Crippen molar-refractivity contribution in [2.45, 2.75) is 46.5 Å². The van der Waals surface area contributed by atoms with Crippen LogP contribution < -0.4 is 24.4 Å². The molecule has 0 aliphatic carbocycles. The molecule has 49 heavy (non-hydrogen) atoms. The zero-order valence-electron chi connectivity index (χ0n) is 29.2. The first kappa shape index (κ1) is 35.6. The van der Waals surface area contributed by atoms with E-state index in [0.717, 1.165) is 75.1 Å². The topological polar surface area (TPSA) is 92.3 Å². The molecule has 0 unspecified atom stereocenters. The average Bonchev–Trinajstić information content (AvgIpc) is 3.09. The lowest BCUT2D eigenvalue weighted by molar-refractivity contribution is 0.145. The van der Waals surface area contributed by atoms with Crippen molar-refractivity contribution in [3.63, 3.8) is 0 Å². The molecular weight excluding hydrogens is 623 g/mol. The van der Waals surface area contributed by atoms with Crippen LogP contribution in [0.15, 0.2) is 66.9 Å². The third-order valence-electron chi connectivity index (χ3n) is 8.63. The zero-order valence-corrected chi connectivity index (χ0v) is 29.2. The number of para-hydroxylation sites is 1. The summed E-state index contributed by atoms with van der Waals surface area (Å²) in [5.41, 5.74) is 4.58. The number of piperazine rings is 1. The van der Waals surface area contributed by atoms with E-state index < -0.39 is 11.9 Å². The molecule has 1 saturated heterocycles. The van der Waals surface area contributed by atoms with Gasteiger partial charge in [-0.05, 0) is 81.1 Å². The molecule has 1 aliphatic rings. The lowest BCUT2D eigenvalue weighted by Gasteiger charge is -2.32. The minimum Gasteiger partial charge on any atom is -0.495 e. The number of hydrogen-bond donors (Lipinski definition) is 1. The fourth-order valence-electron chi connectivity index (χ4n) is 5.87. The van der Waals surface area contributed by atoms with Gasteiger partial charge in [0.1, 0.15) is 5.75 Å². The molecule has 1 aromatic heterocycles. The standard InChI is InChI=1S/C38H47FN6O4/c1-6-7-12-29-13-15-32(34(25-29)47-5)45(36-27(2)10-8-11-28(36)3)38(46)49-35-17-18-40-37(42-35)41-30-14-16-33(31(39)26-30)48-24-9-19-44-22-20-43(4)21-23-44/h8,10-11,13-18,25-26H,6-7,9,12,19-24H2,1-5H3,(H,40,41,42). The fourth-order valence-corrected chi connectivity index (χ4v) is 5.87. The van der Waals surface area contributed by atoms with Crippen molar-refractivity contribution in [1.29, 1.82) is 0 Å². The van der Waals surface area contributed by atoms with Gasteiger partial charge in [-0.25, -0.2) is 19.1 Å². The molecule has 10 nitrogen and oxygen atoms in total. The minimum atomic E-state index is -0.665. The summed E-state index contributed by atoms with van der Waals surface area (Å²) in [7, 11) is 3.73. The van der Waals surface area contributed by atoms with Gasteiger partial charge in [-0.1, -0.05) is 37.6 Å². The first-order chi connectivity index (χ1) is 23.7. The number of anilines is 4. The van der Waals surface area contributed by atoms with Crippen LogP contribution in [0.1, 0.15) is 42.9 Å². The van der Waals surface area contributed by atoms with Crippen LogP contribution in [0.5, 0.6) is 17.4 Å². The van der Waals surface area contributed by atoms with Crippen LogP contribution in [0.2, 0.25) is 0 Å². The van der Waals surface area contributed by atoms with E-state index >= 15 is 0 Å². The van der Waals surface area contributed by atoms with Crippen LogP contribution in [0.4, 0.5) is 32.2 Å². The van der Waals surface area contributed by atoms with Crippen LogP contribution in [-0.2, 0) is 6.42 Å². The van der Waals surface area contributed by atoms with Crippen LogP contribution in [0.3, 0.4) is 0 Å². The Balaban J connectivity index is 1.27. The molecule has 11 heteroatoms. The van der Waals surface area contributed by atoms with Gasteiger partial charge in [-0.3, -0.25) is 0 Å². The Morgan fingerprint density at radius 2 is 1.76 bits per heavy atom. The molecule has 0 radical (unpaired) electrons. The molecule has 260 valence electrons. The molecule has 2 heterocycles. The fraction of sp³-hybridized carbons (Fsp3) is 0.395. The van der Waals surface area contributed by atoms with Gasteiger partial charge in [-0.2, -0.15) is 4.98 Å². The summed E-state index contributed by atoms with van der Waals surface area (Å²) in [6.07, 6.45) is 4.67. The highest BCUT2D eigenvalue weighted by Gasteiger charge is 2.27. The van der Waals surface area contributed by atoms with Crippen molar-refractivity contribution in [3.8, 4) is 17.4 Å². The van der Waals surface area contributed by atoms with Gasteiger partial charge in [0.25, 0.3) is 0 Å². The predicted octanol–water partition coefficient (Wildman–Crippen LogP) is 7.68. The summed E-state index contributed by atoms with van der Waals surface area (Å²) in [6, 6.07) is 17.8. The van der Waals surface area contributed by atoms with Crippen LogP contribution in [0.25, 0.3) is 0 Å². The number of aryl methyl sites for hydroxylation is 3. The lowest BCUT2D eigenvalue weighted by Crippen LogP contribution is -2.44. The second-order valence-electron chi connectivity index (χ2n) is 12.4. The average molecular weight is 671 g/mol. The Labute approximate surface area is 288 Å². The Bertz CT molecular complexity index is 1690. The number of rotatable bonds is 14. The summed E-state index contributed by atoms with van der Waals surface area (Å²) < 4.78 is 32.3. The number of nitrogens with one attached hydrogen (secondary N) is 1. The number of nitrogens with zero attached hydrogens (tertiary/aromatic N) is 5. The molecule has 1 aliphatic heterocycles. The molecule has 5 rings (SSSR count). The SMILES string of the molecule is CCCCc1ccc(N(C(=O)Oc2ccnc(Nc3ccc(OCCCN4CCN(C)CC4)c(F)c3)n2)c2c(C)cccc2C)c(OC)c1. The van der Waals surface area contributed by atoms with Gasteiger partial charge in [0, 0.05) is 56.7 Å². The van der Waals surface area contributed by atoms with Crippen LogP contribution in [-0.4, -0.2) is 79.3 Å². The van der Waals surface area contributed by atoms with Gasteiger partial charge in [0.15, 0.2) is 11.6 Å². The Morgan fingerprint density at radius 1 is 0.980 bits per heavy atom. The molecule has 1 fully saturated rings. The molecule has 0 bridgehead atoms. The third-order valence-corrected chi connectivity index (χ3v) is 8.63. The monoisotopic (exact) mass is 670 g/mol. The smallest absolute Gasteiger partial charge is 0.425 e. The van der Waals surface area contributed by atoms with Gasteiger partial charge in [0.05, 0.1) is 25.1 Å². The van der Waals surface area contributed by atoms with E-state index in [1.54, 1.807) is 19.2 Å². The van der Waals surface area contributed by atoms with Crippen LogP contribution in [0, 0.1) is 19.7 Å². The van der Waals surface area contributed by atoms with Crippen LogP contribution >= 0.6 is 0 Å². The van der Waals surface area contributed by atoms with Crippen molar-refractivity contribution >= 4 is 29.1 Å². The molecule has 3 aromatic carbocycles. The summed E-state index contributed by atoms with van der Waals surface area (Å²) >= 11 is 0. The Kier molecular flexibility index (Phi) is 12.4. The van der Waals surface area contributed by atoms with E-state index in [9.17, 15) is 9.18 Å². The number of unbranched alkanes of at least 4 members (excludes halogenated alkanes) is 1. The second-order valence-corrected chi connectivity index (χ2v) is 12.4. The molecule has 0 spiro atoms. The number of carbonyl (C=O) groups excluding carboxylic acids is 1. The Hall–Kier alpha value is -4.74. The quantitative estimate of drug-likeness (QED) is 0.136. The molecule has 0 saturated carbocycles. The van der Waals surface area contributed by atoms with E-state index in [2.05, 4.69) is 39.1 Å². The molecule has 4 aromatic rings. The maximum atomic E-state index is 14.9. The number of amides is 1. The third kappa shape index (κ3) is 9.45. The lowest BCUT2D eigenvalue weighted by atomic mass is 10.0. The normalized spacial score (nSPS) is 13.6. The molecule has 0 atom stereocenters. The van der Waals surface area contributed by atoms with Crippen molar-refractivity contribution in [3.05, 3.63) is 89.4 Å². The van der Waals surface area contributed by atoms with Crippen molar-refractivity contribution < 1.29 is 23.4 Å². The zero-order chi connectivity index (χ0) is 34.8. The molecular formula is C38H47FN6O4. The largest absolute Gasteiger partial charge is 0.495 e. The number of ether oxygens (including phenoxy) is 3. The highest BCUT2D eigenvalue weighted by atomic mass is 19.1. The van der Waals surface area contributed by atoms with Gasteiger partial charge < -0.3 is 29.3 Å². The van der Waals surface area contributed by atoms with E-state index in [0.29, 0.717) is 29.4 Å². The minimum absolute atomic E-state index is 0.0260. The van der Waals surface area contributed by atoms with E-state index in [1.165, 1.54) is 23.2 Å². The summed E-state index contributed by atoms with van der Waals surface area (Å²) in [5, 5.41) is 3.00. The number of aromatic nitrogens is 2. The van der Waals surface area contributed by atoms with Crippen molar-refractivity contribution in [2.75, 3.05) is 63.7 Å². The van der Waals surface area contributed by atoms with Crippen molar-refractivity contribution in [1.82, 2.24) is 19.8 Å². The highest BCUT2D eigenvalue weighted by molar-refractivity contribution is 6.00. The number of halogens is 1. The number of benzene rings is 3. The summed E-state index contributed by atoms with van der Waals surface area (Å²) in [6.45, 7) is 11.6. The number of likely N-dealkylation sites (N-methyl/N-ethyl adjacent to an activating group) is 1. The van der Waals surface area contributed by atoms with Crippen molar-refractivity contribution in [2.24, 2.45) is 0 Å². The molecule has 1 N–H and O–H groups in total. The summed E-state index contributed by atoms with van der Waals surface area (Å²) in [5.74, 6) is 0.418. The van der Waals surface area contributed by atoms with E-state index in [-0.39, 0.29) is 17.6 Å².